The summed E-state index contributed by atoms with van der Waals surface area (Å²) in [5.41, 5.74) is 6.86. The molecular weight excluding hydrogens is 669 g/mol. The Hall–Kier alpha value is -3.81. The minimum Gasteiger partial charge on any atom is -0.392 e. The van der Waals surface area contributed by atoms with Crippen LogP contribution in [-0.4, -0.2) is 41.7 Å². The van der Waals surface area contributed by atoms with Crippen LogP contribution in [0.3, 0.4) is 0 Å². The summed E-state index contributed by atoms with van der Waals surface area (Å²) in [5.74, 6) is -0.0813. The third-order valence-corrected chi connectivity index (χ3v) is 10.6. The maximum absolute atomic E-state index is 12.7. The van der Waals surface area contributed by atoms with Crippen molar-refractivity contribution >= 4 is 5.91 Å². The van der Waals surface area contributed by atoms with Gasteiger partial charge in [0.05, 0.1) is 18.8 Å². The van der Waals surface area contributed by atoms with Gasteiger partial charge in [-0.3, -0.25) is 4.79 Å². The molecule has 1 fully saturated rings. The van der Waals surface area contributed by atoms with Crippen LogP contribution < -0.4 is 5.32 Å². The van der Waals surface area contributed by atoms with Gasteiger partial charge in [0.25, 0.3) is 5.91 Å². The molecule has 0 bridgehead atoms. The van der Waals surface area contributed by atoms with Gasteiger partial charge in [0, 0.05) is 30.6 Å². The van der Waals surface area contributed by atoms with Gasteiger partial charge in [-0.15, -0.1) is 0 Å². The summed E-state index contributed by atoms with van der Waals surface area (Å²) < 4.78 is 13.7. The molecule has 3 atom stereocenters. The van der Waals surface area contributed by atoms with Crippen LogP contribution >= 0.6 is 0 Å². The number of aliphatic hydroxyl groups is 1. The fourth-order valence-corrected chi connectivity index (χ4v) is 7.45. The number of benzene rings is 4. The molecule has 5 rings (SSSR count). The van der Waals surface area contributed by atoms with Crippen molar-refractivity contribution in [2.24, 2.45) is 0 Å². The van der Waals surface area contributed by atoms with Crippen molar-refractivity contribution in [2.45, 2.75) is 129 Å². The zero-order valence-electron chi connectivity index (χ0n) is 32.9. The van der Waals surface area contributed by atoms with Crippen molar-refractivity contribution in [1.82, 2.24) is 10.2 Å². The number of unbranched alkanes of at least 4 members (excludes halogenated alkanes) is 10. The number of ether oxygens (including phenoxy) is 2. The number of carbonyl (C=O) groups excluding carboxylic acids is 1. The molecule has 0 spiro atoms. The predicted molar refractivity (Wildman–Crippen MR) is 221 cm³/mol. The molecule has 3 unspecified atom stereocenters. The fourth-order valence-electron chi connectivity index (χ4n) is 7.45. The highest BCUT2D eigenvalue weighted by molar-refractivity contribution is 5.94. The molecule has 1 heterocycles. The van der Waals surface area contributed by atoms with E-state index >= 15 is 0 Å². The van der Waals surface area contributed by atoms with Gasteiger partial charge in [-0.25, -0.2) is 0 Å². The van der Waals surface area contributed by atoms with Crippen molar-refractivity contribution in [3.05, 3.63) is 131 Å². The van der Waals surface area contributed by atoms with E-state index in [9.17, 15) is 9.90 Å². The molecule has 0 aliphatic carbocycles. The number of hydrogen-bond donors (Lipinski definition) is 2. The van der Waals surface area contributed by atoms with E-state index in [1.54, 1.807) is 0 Å². The Morgan fingerprint density at radius 2 is 1.30 bits per heavy atom. The number of hydrogen-bond acceptors (Lipinski definition) is 5. The Kier molecular flexibility index (Phi) is 17.8. The Bertz CT molecular complexity index is 1630. The molecule has 1 saturated heterocycles. The number of nitrogens with one attached hydrogen (secondary N) is 1. The average Bonchev–Trinajstić information content (AvgIpc) is 3.22. The summed E-state index contributed by atoms with van der Waals surface area (Å²) in [6, 6.07) is 34.4. The van der Waals surface area contributed by atoms with Gasteiger partial charge in [-0.1, -0.05) is 157 Å². The minimum atomic E-state index is -0.510. The molecule has 54 heavy (non-hydrogen) atoms. The van der Waals surface area contributed by atoms with Crippen LogP contribution in [0.15, 0.2) is 103 Å². The molecule has 0 saturated carbocycles. The van der Waals surface area contributed by atoms with Crippen LogP contribution in [0.25, 0.3) is 11.1 Å². The Morgan fingerprint density at radius 1 is 0.667 bits per heavy atom. The summed E-state index contributed by atoms with van der Waals surface area (Å²) in [4.78, 5) is 15.4. The molecule has 1 amide bonds. The molecule has 1 aliphatic rings. The second-order valence-electron chi connectivity index (χ2n) is 15.1. The zero-order valence-corrected chi connectivity index (χ0v) is 32.9. The maximum atomic E-state index is 12.7. The van der Waals surface area contributed by atoms with Crippen LogP contribution in [0.4, 0.5) is 0 Å². The summed E-state index contributed by atoms with van der Waals surface area (Å²) in [5, 5.41) is 12.8. The SMILES string of the molecule is CCCCCCCCN(CCCCCCCC)CC1CC(c2ccc(CO)cc2)OC(c2cccc(-c3cccc(CNC(=O)c4ccccc4)c3)c2)O1. The first kappa shape index (κ1) is 41.4. The first-order chi connectivity index (χ1) is 26.6. The number of amides is 1. The van der Waals surface area contributed by atoms with Crippen LogP contribution in [-0.2, 0) is 22.6 Å². The largest absolute Gasteiger partial charge is 0.392 e. The highest BCUT2D eigenvalue weighted by Crippen LogP contribution is 2.39. The lowest BCUT2D eigenvalue weighted by Crippen LogP contribution is -2.40. The van der Waals surface area contributed by atoms with Crippen molar-refractivity contribution < 1.29 is 19.4 Å². The van der Waals surface area contributed by atoms with Crippen LogP contribution in [0.1, 0.15) is 142 Å². The van der Waals surface area contributed by atoms with E-state index < -0.39 is 6.29 Å². The van der Waals surface area contributed by atoms with Gasteiger partial charge in [-0.05, 0) is 78.0 Å². The predicted octanol–water partition coefficient (Wildman–Crippen LogP) is 11.3. The molecular formula is C48H64N2O4. The third-order valence-electron chi connectivity index (χ3n) is 10.6. The van der Waals surface area contributed by atoms with E-state index in [0.717, 1.165) is 59.4 Å². The van der Waals surface area contributed by atoms with Crippen LogP contribution in [0.2, 0.25) is 0 Å². The first-order valence-corrected chi connectivity index (χ1v) is 20.8. The quantitative estimate of drug-likeness (QED) is 0.0743. The second-order valence-corrected chi connectivity index (χ2v) is 15.1. The summed E-state index contributed by atoms with van der Waals surface area (Å²) >= 11 is 0. The molecule has 6 heteroatoms. The number of aliphatic hydroxyl groups excluding tert-OH is 1. The van der Waals surface area contributed by atoms with Gasteiger partial charge in [0.15, 0.2) is 6.29 Å². The highest BCUT2D eigenvalue weighted by Gasteiger charge is 2.33. The topological polar surface area (TPSA) is 71.0 Å². The Labute approximate surface area is 325 Å². The number of rotatable bonds is 23. The van der Waals surface area contributed by atoms with Crippen molar-refractivity contribution in [1.29, 1.82) is 0 Å². The molecule has 2 N–H and O–H groups in total. The van der Waals surface area contributed by atoms with Crippen molar-refractivity contribution in [3.63, 3.8) is 0 Å². The van der Waals surface area contributed by atoms with Gasteiger partial charge in [-0.2, -0.15) is 0 Å². The third kappa shape index (κ3) is 13.5. The number of carbonyl (C=O) groups is 1. The molecule has 4 aromatic rings. The normalized spacial score (nSPS) is 17.1. The fraction of sp³-hybridized carbons (Fsp3) is 0.479. The van der Waals surface area contributed by atoms with Crippen molar-refractivity contribution in [2.75, 3.05) is 19.6 Å². The smallest absolute Gasteiger partial charge is 0.251 e. The van der Waals surface area contributed by atoms with E-state index in [2.05, 4.69) is 72.6 Å². The Morgan fingerprint density at radius 3 is 1.96 bits per heavy atom. The minimum absolute atomic E-state index is 0.0201. The molecule has 290 valence electrons. The van der Waals surface area contributed by atoms with Crippen molar-refractivity contribution in [3.8, 4) is 11.1 Å². The Balaban J connectivity index is 1.30. The molecule has 1 aliphatic heterocycles. The lowest BCUT2D eigenvalue weighted by molar-refractivity contribution is -0.253. The summed E-state index contributed by atoms with van der Waals surface area (Å²) in [6.45, 7) is 8.15. The van der Waals surface area contributed by atoms with E-state index in [1.165, 1.54) is 77.0 Å². The monoisotopic (exact) mass is 732 g/mol. The maximum Gasteiger partial charge on any atom is 0.251 e. The molecule has 4 aromatic carbocycles. The second kappa shape index (κ2) is 23.2. The van der Waals surface area contributed by atoms with E-state index in [4.69, 9.17) is 9.47 Å². The van der Waals surface area contributed by atoms with E-state index in [0.29, 0.717) is 12.1 Å². The highest BCUT2D eigenvalue weighted by atomic mass is 16.7. The lowest BCUT2D eigenvalue weighted by atomic mass is 9.98. The van der Waals surface area contributed by atoms with E-state index in [1.807, 2.05) is 54.6 Å². The summed E-state index contributed by atoms with van der Waals surface area (Å²) in [6.07, 6.45) is 15.8. The van der Waals surface area contributed by atoms with Gasteiger partial charge in [0.2, 0.25) is 0 Å². The molecule has 0 radical (unpaired) electrons. The van der Waals surface area contributed by atoms with Crippen LogP contribution in [0, 0.1) is 0 Å². The van der Waals surface area contributed by atoms with E-state index in [-0.39, 0.29) is 24.7 Å². The first-order valence-electron chi connectivity index (χ1n) is 20.8. The number of nitrogens with zero attached hydrogens (tertiary/aromatic N) is 1. The summed E-state index contributed by atoms with van der Waals surface area (Å²) in [7, 11) is 0. The molecule has 6 nitrogen and oxygen atoms in total. The van der Waals surface area contributed by atoms with Gasteiger partial charge < -0.3 is 24.8 Å². The van der Waals surface area contributed by atoms with Crippen LogP contribution in [0.5, 0.6) is 0 Å². The average molecular weight is 733 g/mol. The van der Waals surface area contributed by atoms with Gasteiger partial charge >= 0.3 is 0 Å². The molecule has 0 aromatic heterocycles. The van der Waals surface area contributed by atoms with Gasteiger partial charge in [0.1, 0.15) is 0 Å². The standard InChI is InChI=1S/C48H64N2O4/c1-3-5-7-9-11-16-30-50(31-17-12-10-8-6-4-2)36-45-34-46(40-28-26-38(37-51)27-29-40)54-48(53-45)44-25-19-24-43(33-44)42-23-18-20-39(32-42)35-49-47(52)41-21-14-13-15-22-41/h13-15,18-29,32-33,45-46,48,51H,3-12,16-17,30-31,34-37H2,1-2H3,(H,49,52). The lowest BCUT2D eigenvalue weighted by Gasteiger charge is -2.38. The zero-order chi connectivity index (χ0) is 37.8.